The van der Waals surface area contributed by atoms with Crippen LogP contribution in [0.15, 0.2) is 30.3 Å². The maximum Gasteiger partial charge on any atom is 0.305 e. The highest BCUT2D eigenvalue weighted by molar-refractivity contribution is 5.68. The molecule has 142 valence electrons. The van der Waals surface area contributed by atoms with Crippen molar-refractivity contribution in [2.24, 2.45) is 0 Å². The minimum absolute atomic E-state index is 0.100. The Labute approximate surface area is 151 Å². The summed E-state index contributed by atoms with van der Waals surface area (Å²) in [6.45, 7) is 3.64. The van der Waals surface area contributed by atoms with Gasteiger partial charge in [-0.1, -0.05) is 30.3 Å². The molecule has 8 heteroatoms. The van der Waals surface area contributed by atoms with Crippen molar-refractivity contribution in [1.29, 1.82) is 0 Å². The van der Waals surface area contributed by atoms with Gasteiger partial charge in [0.25, 0.3) is 0 Å². The summed E-state index contributed by atoms with van der Waals surface area (Å²) in [5, 5.41) is 0. The Morgan fingerprint density at radius 1 is 1.04 bits per heavy atom. The molecule has 0 radical (unpaired) electrons. The van der Waals surface area contributed by atoms with E-state index in [-0.39, 0.29) is 19.8 Å². The average molecular weight is 366 g/mol. The van der Waals surface area contributed by atoms with Crippen molar-refractivity contribution in [3.8, 4) is 0 Å². The molecule has 1 aromatic carbocycles. The number of benzene rings is 1. The lowest BCUT2D eigenvalue weighted by atomic mass is 10.00. The number of ether oxygens (including phenoxy) is 5. The summed E-state index contributed by atoms with van der Waals surface area (Å²) < 4.78 is 26.8. The Hall–Kier alpha value is -2.45. The summed E-state index contributed by atoms with van der Waals surface area (Å²) in [6, 6.07) is 9.40. The van der Waals surface area contributed by atoms with E-state index in [9.17, 15) is 14.4 Å². The first-order valence-corrected chi connectivity index (χ1v) is 8.10. The SMILES string of the molecule is CC(=O)OC1[C@H](OC(C)=O)OCC1(COCc1ccccc1)OC(C)=O. The number of hydrogen-bond donors (Lipinski definition) is 0. The third kappa shape index (κ3) is 5.27. The molecule has 1 saturated heterocycles. The van der Waals surface area contributed by atoms with E-state index < -0.39 is 35.9 Å². The summed E-state index contributed by atoms with van der Waals surface area (Å²) in [6.07, 6.45) is -2.32. The minimum atomic E-state index is -1.41. The molecular weight excluding hydrogens is 344 g/mol. The summed E-state index contributed by atoms with van der Waals surface area (Å²) in [5.41, 5.74) is -0.489. The van der Waals surface area contributed by atoms with E-state index in [4.69, 9.17) is 23.7 Å². The third-order valence-electron chi connectivity index (χ3n) is 3.64. The van der Waals surface area contributed by atoms with Gasteiger partial charge in [0, 0.05) is 20.8 Å². The van der Waals surface area contributed by atoms with Crippen LogP contribution in [0.5, 0.6) is 0 Å². The van der Waals surface area contributed by atoms with Crippen LogP contribution in [0.1, 0.15) is 26.3 Å². The molecule has 8 nitrogen and oxygen atoms in total. The third-order valence-corrected chi connectivity index (χ3v) is 3.64. The van der Waals surface area contributed by atoms with Gasteiger partial charge in [0.2, 0.25) is 18.0 Å². The molecule has 1 heterocycles. The molecule has 1 fully saturated rings. The monoisotopic (exact) mass is 366 g/mol. The average Bonchev–Trinajstić information content (AvgIpc) is 2.85. The van der Waals surface area contributed by atoms with Crippen molar-refractivity contribution in [3.05, 3.63) is 35.9 Å². The smallest absolute Gasteiger partial charge is 0.305 e. The largest absolute Gasteiger partial charge is 0.451 e. The molecule has 0 aromatic heterocycles. The molecule has 1 aliphatic heterocycles. The van der Waals surface area contributed by atoms with Gasteiger partial charge in [-0.25, -0.2) is 0 Å². The highest BCUT2D eigenvalue weighted by Crippen LogP contribution is 2.33. The number of rotatable bonds is 7. The Morgan fingerprint density at radius 3 is 2.27 bits per heavy atom. The van der Waals surface area contributed by atoms with Gasteiger partial charge in [-0.05, 0) is 5.56 Å². The molecule has 0 aliphatic carbocycles. The van der Waals surface area contributed by atoms with Gasteiger partial charge in [-0.2, -0.15) is 0 Å². The highest BCUT2D eigenvalue weighted by Gasteiger charge is 2.57. The molecule has 1 aliphatic rings. The van der Waals surface area contributed by atoms with Crippen molar-refractivity contribution >= 4 is 17.9 Å². The van der Waals surface area contributed by atoms with Gasteiger partial charge in [0.15, 0.2) is 0 Å². The molecule has 0 bridgehead atoms. The molecular formula is C18H22O8. The van der Waals surface area contributed by atoms with Crippen LogP contribution in [0.25, 0.3) is 0 Å². The van der Waals surface area contributed by atoms with E-state index in [0.29, 0.717) is 0 Å². The zero-order valence-electron chi connectivity index (χ0n) is 14.9. The van der Waals surface area contributed by atoms with Crippen LogP contribution in [0.2, 0.25) is 0 Å². The fourth-order valence-electron chi connectivity index (χ4n) is 2.68. The minimum Gasteiger partial charge on any atom is -0.451 e. The van der Waals surface area contributed by atoms with E-state index in [1.165, 1.54) is 20.8 Å². The first kappa shape index (κ1) is 19.9. The van der Waals surface area contributed by atoms with E-state index in [1.807, 2.05) is 30.3 Å². The Kier molecular flexibility index (Phi) is 6.70. The zero-order valence-corrected chi connectivity index (χ0v) is 14.9. The van der Waals surface area contributed by atoms with Gasteiger partial charge in [0.1, 0.15) is 0 Å². The Balaban J connectivity index is 2.16. The van der Waals surface area contributed by atoms with Crippen LogP contribution >= 0.6 is 0 Å². The van der Waals surface area contributed by atoms with Crippen LogP contribution < -0.4 is 0 Å². The standard InChI is InChI=1S/C18H22O8/c1-12(19)24-16-17(25-13(2)20)23-11-18(16,26-14(3)21)10-22-9-15-7-5-4-6-8-15/h4-8,16-17H,9-11H2,1-3H3/t16?,17-,18?/m0/s1. The lowest BCUT2D eigenvalue weighted by Gasteiger charge is -2.32. The van der Waals surface area contributed by atoms with Crippen molar-refractivity contribution < 1.29 is 38.1 Å². The van der Waals surface area contributed by atoms with Crippen molar-refractivity contribution in [2.45, 2.75) is 45.4 Å². The van der Waals surface area contributed by atoms with E-state index in [1.54, 1.807) is 0 Å². The number of carbonyl (C=O) groups excluding carboxylic acids is 3. The van der Waals surface area contributed by atoms with Gasteiger partial charge in [-0.15, -0.1) is 0 Å². The lowest BCUT2D eigenvalue weighted by molar-refractivity contribution is -0.204. The number of hydrogen-bond acceptors (Lipinski definition) is 8. The Morgan fingerprint density at radius 2 is 1.69 bits per heavy atom. The summed E-state index contributed by atoms with van der Waals surface area (Å²) in [7, 11) is 0. The van der Waals surface area contributed by atoms with Gasteiger partial charge < -0.3 is 23.7 Å². The fourth-order valence-corrected chi connectivity index (χ4v) is 2.68. The van der Waals surface area contributed by atoms with E-state index in [2.05, 4.69) is 0 Å². The molecule has 0 saturated carbocycles. The van der Waals surface area contributed by atoms with Gasteiger partial charge >= 0.3 is 17.9 Å². The molecule has 0 amide bonds. The normalized spacial score (nSPS) is 24.7. The second kappa shape index (κ2) is 8.77. The molecule has 3 atom stereocenters. The molecule has 0 spiro atoms. The maximum absolute atomic E-state index is 11.6. The molecule has 1 aromatic rings. The van der Waals surface area contributed by atoms with E-state index >= 15 is 0 Å². The van der Waals surface area contributed by atoms with Crippen molar-refractivity contribution in [2.75, 3.05) is 13.2 Å². The van der Waals surface area contributed by atoms with Crippen molar-refractivity contribution in [1.82, 2.24) is 0 Å². The fraction of sp³-hybridized carbons (Fsp3) is 0.500. The van der Waals surface area contributed by atoms with Gasteiger partial charge in [0.05, 0.1) is 19.8 Å². The topological polar surface area (TPSA) is 97.4 Å². The molecule has 2 rings (SSSR count). The number of carbonyl (C=O) groups is 3. The maximum atomic E-state index is 11.6. The first-order chi connectivity index (χ1) is 12.3. The Bertz CT molecular complexity index is 644. The predicted octanol–water partition coefficient (Wildman–Crippen LogP) is 1.36. The molecule has 0 N–H and O–H groups in total. The summed E-state index contributed by atoms with van der Waals surface area (Å²) >= 11 is 0. The molecule has 26 heavy (non-hydrogen) atoms. The molecule has 2 unspecified atom stereocenters. The summed E-state index contributed by atoms with van der Waals surface area (Å²) in [5.74, 6) is -1.84. The van der Waals surface area contributed by atoms with Crippen LogP contribution in [0, 0.1) is 0 Å². The lowest BCUT2D eigenvalue weighted by Crippen LogP contribution is -2.53. The van der Waals surface area contributed by atoms with E-state index in [0.717, 1.165) is 5.56 Å². The zero-order chi connectivity index (χ0) is 19.2. The van der Waals surface area contributed by atoms with Crippen molar-refractivity contribution in [3.63, 3.8) is 0 Å². The van der Waals surface area contributed by atoms with Crippen LogP contribution in [0.4, 0.5) is 0 Å². The highest BCUT2D eigenvalue weighted by atomic mass is 16.7. The van der Waals surface area contributed by atoms with Gasteiger partial charge in [-0.3, -0.25) is 14.4 Å². The summed E-state index contributed by atoms with van der Waals surface area (Å²) in [4.78, 5) is 34.4. The quantitative estimate of drug-likeness (QED) is 0.527. The van der Waals surface area contributed by atoms with Crippen LogP contribution in [-0.4, -0.2) is 49.1 Å². The first-order valence-electron chi connectivity index (χ1n) is 8.10. The number of esters is 3. The van der Waals surface area contributed by atoms with Crippen LogP contribution in [0.3, 0.4) is 0 Å². The second-order valence-electron chi connectivity index (χ2n) is 5.96. The van der Waals surface area contributed by atoms with Crippen LogP contribution in [-0.2, 0) is 44.7 Å². The predicted molar refractivity (Wildman–Crippen MR) is 87.7 cm³/mol. The second-order valence-corrected chi connectivity index (χ2v) is 5.96.